The van der Waals surface area contributed by atoms with Crippen molar-refractivity contribution in [2.24, 2.45) is 0 Å². The molecule has 0 amide bonds. The Labute approximate surface area is 118 Å². The molecule has 19 heavy (non-hydrogen) atoms. The molecule has 1 aromatic carbocycles. The van der Waals surface area contributed by atoms with Gasteiger partial charge in [-0.15, -0.1) is 10.2 Å². The SMILES string of the molecule is CN(CC(=O)O)Cc1nnc(-c2ccccc2Br)o1. The van der Waals surface area contributed by atoms with E-state index < -0.39 is 5.97 Å². The normalized spacial score (nSPS) is 10.9. The van der Waals surface area contributed by atoms with Gasteiger partial charge >= 0.3 is 5.97 Å². The highest BCUT2D eigenvalue weighted by atomic mass is 79.9. The number of likely N-dealkylation sites (N-methyl/N-ethyl adjacent to an activating group) is 1. The quantitative estimate of drug-likeness (QED) is 0.905. The van der Waals surface area contributed by atoms with Crippen LogP contribution in [0, 0.1) is 0 Å². The summed E-state index contributed by atoms with van der Waals surface area (Å²) in [5.41, 5.74) is 0.808. The van der Waals surface area contributed by atoms with E-state index in [0.717, 1.165) is 10.0 Å². The third-order valence-corrected chi connectivity index (χ3v) is 3.07. The number of aliphatic carboxylic acids is 1. The first-order valence-electron chi connectivity index (χ1n) is 5.54. The Kier molecular flexibility index (Phi) is 4.28. The number of halogens is 1. The first kappa shape index (κ1) is 13.7. The van der Waals surface area contributed by atoms with Crippen molar-refractivity contribution in [3.8, 4) is 11.5 Å². The van der Waals surface area contributed by atoms with Gasteiger partial charge in [-0.2, -0.15) is 0 Å². The second-order valence-electron chi connectivity index (χ2n) is 4.05. The van der Waals surface area contributed by atoms with Crippen molar-refractivity contribution in [1.82, 2.24) is 15.1 Å². The molecule has 0 saturated carbocycles. The van der Waals surface area contributed by atoms with Crippen molar-refractivity contribution in [3.05, 3.63) is 34.6 Å². The van der Waals surface area contributed by atoms with E-state index in [9.17, 15) is 4.79 Å². The van der Waals surface area contributed by atoms with E-state index in [0.29, 0.717) is 18.3 Å². The highest BCUT2D eigenvalue weighted by Gasteiger charge is 2.13. The molecule has 0 aliphatic rings. The minimum atomic E-state index is -0.895. The molecule has 0 aliphatic heterocycles. The molecule has 0 saturated heterocycles. The predicted molar refractivity (Wildman–Crippen MR) is 71.4 cm³/mol. The molecule has 0 fully saturated rings. The lowest BCUT2D eigenvalue weighted by Crippen LogP contribution is -2.25. The number of rotatable bonds is 5. The molecule has 1 N–H and O–H groups in total. The lowest BCUT2D eigenvalue weighted by Gasteiger charge is -2.09. The molecule has 1 heterocycles. The van der Waals surface area contributed by atoms with Crippen molar-refractivity contribution in [2.75, 3.05) is 13.6 Å². The third kappa shape index (κ3) is 3.62. The van der Waals surface area contributed by atoms with Crippen LogP contribution in [0.4, 0.5) is 0 Å². The summed E-state index contributed by atoms with van der Waals surface area (Å²) >= 11 is 3.41. The van der Waals surface area contributed by atoms with Crippen LogP contribution in [0.15, 0.2) is 33.2 Å². The molecule has 0 atom stereocenters. The van der Waals surface area contributed by atoms with Gasteiger partial charge in [-0.3, -0.25) is 9.69 Å². The van der Waals surface area contributed by atoms with Gasteiger partial charge in [0.2, 0.25) is 11.8 Å². The minimum absolute atomic E-state index is 0.0766. The molecule has 2 aromatic rings. The Balaban J connectivity index is 2.11. The number of carboxylic acid groups (broad SMARTS) is 1. The van der Waals surface area contributed by atoms with Crippen LogP contribution >= 0.6 is 15.9 Å². The van der Waals surface area contributed by atoms with Crippen LogP contribution < -0.4 is 0 Å². The van der Waals surface area contributed by atoms with Gasteiger partial charge < -0.3 is 9.52 Å². The highest BCUT2D eigenvalue weighted by molar-refractivity contribution is 9.10. The van der Waals surface area contributed by atoms with E-state index in [1.54, 1.807) is 11.9 Å². The van der Waals surface area contributed by atoms with Crippen molar-refractivity contribution in [3.63, 3.8) is 0 Å². The monoisotopic (exact) mass is 325 g/mol. The maximum atomic E-state index is 10.6. The van der Waals surface area contributed by atoms with E-state index in [-0.39, 0.29) is 6.54 Å². The molecule has 2 rings (SSSR count). The zero-order valence-electron chi connectivity index (χ0n) is 10.2. The molecule has 0 radical (unpaired) electrons. The second kappa shape index (κ2) is 5.94. The summed E-state index contributed by atoms with van der Waals surface area (Å²) in [5.74, 6) is -0.103. The van der Waals surface area contributed by atoms with Gasteiger partial charge in [0, 0.05) is 4.47 Å². The molecule has 6 nitrogen and oxygen atoms in total. The van der Waals surface area contributed by atoms with Gasteiger partial charge in [0.15, 0.2) is 0 Å². The van der Waals surface area contributed by atoms with Crippen LogP contribution in [0.25, 0.3) is 11.5 Å². The van der Waals surface area contributed by atoms with Crippen LogP contribution in [0.2, 0.25) is 0 Å². The van der Waals surface area contributed by atoms with Crippen LogP contribution in [0.5, 0.6) is 0 Å². The molecule has 100 valence electrons. The number of aromatic nitrogens is 2. The van der Waals surface area contributed by atoms with Crippen LogP contribution in [-0.2, 0) is 11.3 Å². The first-order valence-corrected chi connectivity index (χ1v) is 6.33. The lowest BCUT2D eigenvalue weighted by atomic mass is 10.2. The van der Waals surface area contributed by atoms with Gasteiger partial charge in [0.1, 0.15) is 0 Å². The van der Waals surface area contributed by atoms with Crippen molar-refractivity contribution in [2.45, 2.75) is 6.54 Å². The molecule has 0 spiro atoms. The average Bonchev–Trinajstić information content (AvgIpc) is 2.76. The Bertz CT molecular complexity index is 585. The largest absolute Gasteiger partial charge is 0.480 e. The number of nitrogens with zero attached hydrogens (tertiary/aromatic N) is 3. The smallest absolute Gasteiger partial charge is 0.317 e. The number of carboxylic acids is 1. The standard InChI is InChI=1S/C12H12BrN3O3/c1-16(7-11(17)18)6-10-14-15-12(19-10)8-4-2-3-5-9(8)13/h2-5H,6-7H2,1H3,(H,17,18). The van der Waals surface area contributed by atoms with E-state index in [1.165, 1.54) is 0 Å². The average molecular weight is 326 g/mol. The summed E-state index contributed by atoms with van der Waals surface area (Å²) in [6, 6.07) is 7.52. The van der Waals surface area contributed by atoms with Crippen molar-refractivity contribution < 1.29 is 14.3 Å². The topological polar surface area (TPSA) is 79.5 Å². The van der Waals surface area contributed by atoms with Crippen LogP contribution in [0.1, 0.15) is 5.89 Å². The number of hydrogen-bond donors (Lipinski definition) is 1. The zero-order valence-corrected chi connectivity index (χ0v) is 11.8. The van der Waals surface area contributed by atoms with Crippen molar-refractivity contribution >= 4 is 21.9 Å². The molecular weight excluding hydrogens is 314 g/mol. The molecule has 7 heteroatoms. The van der Waals surface area contributed by atoms with Gasteiger partial charge in [0.05, 0.1) is 18.7 Å². The molecular formula is C12H12BrN3O3. The van der Waals surface area contributed by atoms with Crippen LogP contribution in [0.3, 0.4) is 0 Å². The summed E-state index contributed by atoms with van der Waals surface area (Å²) < 4.78 is 6.38. The first-order chi connectivity index (χ1) is 9.06. The fourth-order valence-corrected chi connectivity index (χ4v) is 2.03. The molecule has 1 aromatic heterocycles. The maximum Gasteiger partial charge on any atom is 0.317 e. The van der Waals surface area contributed by atoms with E-state index in [2.05, 4.69) is 26.1 Å². The summed E-state index contributed by atoms with van der Waals surface area (Å²) in [6.45, 7) is 0.219. The third-order valence-electron chi connectivity index (χ3n) is 2.38. The van der Waals surface area contributed by atoms with Gasteiger partial charge in [0.25, 0.3) is 0 Å². The lowest BCUT2D eigenvalue weighted by molar-refractivity contribution is -0.138. The summed E-state index contributed by atoms with van der Waals surface area (Å²) in [5, 5.41) is 16.5. The number of hydrogen-bond acceptors (Lipinski definition) is 5. The summed E-state index contributed by atoms with van der Waals surface area (Å²) in [7, 11) is 1.68. The number of benzene rings is 1. The van der Waals surface area contributed by atoms with Gasteiger partial charge in [-0.1, -0.05) is 12.1 Å². The molecule has 0 bridgehead atoms. The Morgan fingerprint density at radius 3 is 2.84 bits per heavy atom. The fourth-order valence-electron chi connectivity index (χ4n) is 1.58. The second-order valence-corrected chi connectivity index (χ2v) is 4.90. The Morgan fingerprint density at radius 1 is 1.42 bits per heavy atom. The molecule has 0 aliphatic carbocycles. The van der Waals surface area contributed by atoms with Crippen LogP contribution in [-0.4, -0.2) is 39.8 Å². The molecule has 0 unspecified atom stereocenters. The van der Waals surface area contributed by atoms with Gasteiger partial charge in [-0.05, 0) is 35.1 Å². The van der Waals surface area contributed by atoms with E-state index in [4.69, 9.17) is 9.52 Å². The maximum absolute atomic E-state index is 10.6. The summed E-state index contributed by atoms with van der Waals surface area (Å²) in [6.07, 6.45) is 0. The Hall–Kier alpha value is -1.73. The highest BCUT2D eigenvalue weighted by Crippen LogP contribution is 2.26. The fraction of sp³-hybridized carbons (Fsp3) is 0.250. The number of carbonyl (C=O) groups is 1. The Morgan fingerprint density at radius 2 is 2.16 bits per heavy atom. The predicted octanol–water partition coefficient (Wildman–Crippen LogP) is 2.02. The van der Waals surface area contributed by atoms with E-state index >= 15 is 0 Å². The van der Waals surface area contributed by atoms with E-state index in [1.807, 2.05) is 24.3 Å². The van der Waals surface area contributed by atoms with Gasteiger partial charge in [-0.25, -0.2) is 0 Å². The van der Waals surface area contributed by atoms with Crippen molar-refractivity contribution in [1.29, 1.82) is 0 Å². The minimum Gasteiger partial charge on any atom is -0.480 e. The zero-order chi connectivity index (χ0) is 13.8. The summed E-state index contributed by atoms with van der Waals surface area (Å²) in [4.78, 5) is 12.1.